The molecule has 1 N–H and O–H groups in total. The van der Waals surface area contributed by atoms with Gasteiger partial charge in [-0.15, -0.1) is 23.1 Å². The molecule has 0 amide bonds. The average Bonchev–Trinajstić information content (AvgIpc) is 3.29. The van der Waals surface area contributed by atoms with Crippen molar-refractivity contribution in [3.63, 3.8) is 0 Å². The molecule has 9 heteroatoms. The van der Waals surface area contributed by atoms with E-state index in [4.69, 9.17) is 0 Å². The minimum Gasteiger partial charge on any atom is -0.295 e. The first-order valence-electron chi connectivity index (χ1n) is 9.29. The van der Waals surface area contributed by atoms with Crippen molar-refractivity contribution in [1.82, 2.24) is 9.13 Å². The quantitative estimate of drug-likeness (QED) is 0.650. The zero-order chi connectivity index (χ0) is 19.9. The molecule has 1 aromatic carbocycles. The van der Waals surface area contributed by atoms with Crippen LogP contribution in [0.2, 0.25) is 0 Å². The second-order valence-electron chi connectivity index (χ2n) is 7.15. The van der Waals surface area contributed by atoms with Crippen molar-refractivity contribution >= 4 is 49.8 Å². The van der Waals surface area contributed by atoms with Crippen LogP contribution in [-0.4, -0.2) is 22.8 Å². The van der Waals surface area contributed by atoms with E-state index in [0.29, 0.717) is 16.5 Å². The summed E-state index contributed by atoms with van der Waals surface area (Å²) in [5.74, 6) is 0. The number of thioether (sulfide) groups is 1. The Morgan fingerprint density at radius 3 is 2.43 bits per heavy atom. The van der Waals surface area contributed by atoms with Crippen molar-refractivity contribution in [2.24, 2.45) is 14.1 Å². The van der Waals surface area contributed by atoms with Gasteiger partial charge in [-0.1, -0.05) is 25.3 Å². The normalized spacial score (nSPS) is 15.9. The molecule has 0 aliphatic heterocycles. The van der Waals surface area contributed by atoms with E-state index in [1.807, 2.05) is 6.07 Å². The monoisotopic (exact) mass is 437 g/mol. The first kappa shape index (κ1) is 19.6. The highest BCUT2D eigenvalue weighted by atomic mass is 32.2. The van der Waals surface area contributed by atoms with Crippen LogP contribution in [0.5, 0.6) is 0 Å². The molecule has 1 aliphatic carbocycles. The number of anilines is 1. The molecule has 0 radical (unpaired) electrons. The second kappa shape index (κ2) is 7.61. The van der Waals surface area contributed by atoms with Crippen molar-refractivity contribution in [1.29, 1.82) is 0 Å². The number of hydrogen-bond donors (Lipinski definition) is 1. The van der Waals surface area contributed by atoms with Crippen molar-refractivity contribution in [3.05, 3.63) is 40.1 Å². The molecule has 3 aromatic rings. The van der Waals surface area contributed by atoms with Gasteiger partial charge >= 0.3 is 5.69 Å². The van der Waals surface area contributed by atoms with Gasteiger partial charge in [0.25, 0.3) is 10.0 Å². The lowest BCUT2D eigenvalue weighted by molar-refractivity contribution is 0.516. The van der Waals surface area contributed by atoms with Gasteiger partial charge in [-0.2, -0.15) is 0 Å². The smallest absolute Gasteiger partial charge is 0.295 e. The molecule has 0 bridgehead atoms. The molecular formula is C19H23N3O3S3. The van der Waals surface area contributed by atoms with E-state index in [-0.39, 0.29) is 9.90 Å². The molecule has 28 heavy (non-hydrogen) atoms. The van der Waals surface area contributed by atoms with Gasteiger partial charge < -0.3 is 0 Å². The predicted molar refractivity (Wildman–Crippen MR) is 116 cm³/mol. The maximum absolute atomic E-state index is 12.8. The number of rotatable bonds is 5. The minimum absolute atomic E-state index is 0.123. The maximum Gasteiger partial charge on any atom is 0.328 e. The van der Waals surface area contributed by atoms with Crippen molar-refractivity contribution < 1.29 is 8.42 Å². The summed E-state index contributed by atoms with van der Waals surface area (Å²) in [4.78, 5) is 13.2. The summed E-state index contributed by atoms with van der Waals surface area (Å²) < 4.78 is 31.8. The van der Waals surface area contributed by atoms with E-state index in [1.165, 1.54) is 30.6 Å². The highest BCUT2D eigenvalue weighted by Gasteiger charge is 2.22. The molecule has 4 rings (SSSR count). The van der Waals surface area contributed by atoms with Gasteiger partial charge in [0.1, 0.15) is 4.21 Å². The zero-order valence-corrected chi connectivity index (χ0v) is 18.3. The van der Waals surface area contributed by atoms with Crippen LogP contribution in [0.3, 0.4) is 0 Å². The van der Waals surface area contributed by atoms with Gasteiger partial charge in [0.15, 0.2) is 0 Å². The number of sulfonamides is 1. The van der Waals surface area contributed by atoms with Crippen LogP contribution in [0.4, 0.5) is 5.69 Å². The van der Waals surface area contributed by atoms with E-state index in [9.17, 15) is 13.2 Å². The fraction of sp³-hybridized carbons (Fsp3) is 0.421. The predicted octanol–water partition coefficient (Wildman–Crippen LogP) is 4.16. The number of benzene rings is 1. The Morgan fingerprint density at radius 1 is 1.11 bits per heavy atom. The molecule has 1 aliphatic rings. The highest BCUT2D eigenvalue weighted by molar-refractivity contribution is 8.00. The van der Waals surface area contributed by atoms with Gasteiger partial charge in [-0.25, -0.2) is 13.2 Å². The Labute approximate surface area is 172 Å². The molecule has 2 aromatic heterocycles. The maximum atomic E-state index is 12.8. The lowest BCUT2D eigenvalue weighted by Gasteiger charge is -2.22. The Hall–Kier alpha value is -1.71. The molecule has 0 unspecified atom stereocenters. The molecular weight excluding hydrogens is 414 g/mol. The van der Waals surface area contributed by atoms with Crippen LogP contribution in [0.25, 0.3) is 11.0 Å². The van der Waals surface area contributed by atoms with Crippen LogP contribution in [0.15, 0.2) is 43.5 Å². The number of nitrogens with zero attached hydrogens (tertiary/aromatic N) is 2. The third kappa shape index (κ3) is 3.62. The van der Waals surface area contributed by atoms with Gasteiger partial charge in [0.05, 0.1) is 16.7 Å². The van der Waals surface area contributed by atoms with E-state index < -0.39 is 10.0 Å². The Bertz CT molecular complexity index is 1150. The topological polar surface area (TPSA) is 73.1 Å². The molecule has 6 nitrogen and oxygen atoms in total. The van der Waals surface area contributed by atoms with E-state index in [0.717, 1.165) is 23.3 Å². The summed E-state index contributed by atoms with van der Waals surface area (Å²) in [7, 11) is -0.207. The summed E-state index contributed by atoms with van der Waals surface area (Å²) in [5, 5.41) is 2.22. The first-order valence-corrected chi connectivity index (χ1v) is 12.5. The van der Waals surface area contributed by atoms with E-state index in [1.54, 1.807) is 58.6 Å². The number of aromatic nitrogens is 2. The van der Waals surface area contributed by atoms with Crippen LogP contribution < -0.4 is 10.4 Å². The van der Waals surface area contributed by atoms with Gasteiger partial charge in [0.2, 0.25) is 0 Å². The van der Waals surface area contributed by atoms with Gasteiger partial charge in [-0.05, 0) is 36.4 Å². The van der Waals surface area contributed by atoms with Crippen molar-refractivity contribution in [3.8, 4) is 0 Å². The lowest BCUT2D eigenvalue weighted by atomic mass is 10.0. The largest absolute Gasteiger partial charge is 0.328 e. The van der Waals surface area contributed by atoms with Crippen molar-refractivity contribution in [2.45, 2.75) is 46.5 Å². The molecule has 1 fully saturated rings. The Balaban J connectivity index is 1.80. The molecule has 2 heterocycles. The highest BCUT2D eigenvalue weighted by Crippen LogP contribution is 2.40. The Morgan fingerprint density at radius 2 is 1.79 bits per heavy atom. The fourth-order valence-electron chi connectivity index (χ4n) is 3.68. The van der Waals surface area contributed by atoms with E-state index >= 15 is 0 Å². The number of aryl methyl sites for hydroxylation is 2. The standard InChI is InChI=1S/C19H23N3O3S3/c1-21-15-11-14(20-28(24,25)18-9-6-10-26-18)17(12-16(15)22(2)19(21)23)27-13-7-4-3-5-8-13/h6,9-13,20H,3-5,7-8H2,1-2H3. The molecule has 0 spiro atoms. The molecule has 0 atom stereocenters. The summed E-state index contributed by atoms with van der Waals surface area (Å²) in [5.41, 5.74) is 1.94. The number of nitrogens with one attached hydrogen (secondary N) is 1. The lowest BCUT2D eigenvalue weighted by Crippen LogP contribution is -2.19. The number of hydrogen-bond acceptors (Lipinski definition) is 5. The summed E-state index contributed by atoms with van der Waals surface area (Å²) >= 11 is 2.91. The van der Waals surface area contributed by atoms with Crippen LogP contribution in [0, 0.1) is 0 Å². The summed E-state index contributed by atoms with van der Waals surface area (Å²) in [6.45, 7) is 0. The molecule has 0 saturated heterocycles. The Kier molecular flexibility index (Phi) is 5.32. The van der Waals surface area contributed by atoms with Gasteiger partial charge in [-0.3, -0.25) is 13.9 Å². The second-order valence-corrected chi connectivity index (χ2v) is 11.4. The summed E-state index contributed by atoms with van der Waals surface area (Å²) in [6.07, 6.45) is 5.95. The molecule has 150 valence electrons. The molecule has 1 saturated carbocycles. The van der Waals surface area contributed by atoms with Crippen molar-refractivity contribution in [2.75, 3.05) is 4.72 Å². The number of fused-ring (bicyclic) bond motifs is 1. The third-order valence-electron chi connectivity index (χ3n) is 5.22. The third-order valence-corrected chi connectivity index (χ3v) is 9.38. The number of thiophene rings is 1. The average molecular weight is 438 g/mol. The van der Waals surface area contributed by atoms with Crippen LogP contribution >= 0.6 is 23.1 Å². The number of imidazole rings is 1. The summed E-state index contributed by atoms with van der Waals surface area (Å²) in [6, 6.07) is 7.05. The van der Waals surface area contributed by atoms with Crippen LogP contribution in [0.1, 0.15) is 32.1 Å². The SMILES string of the molecule is Cn1c(=O)n(C)c2cc(SC3CCCCC3)c(NS(=O)(=O)c3cccs3)cc21. The fourth-order valence-corrected chi connectivity index (χ4v) is 7.15. The first-order chi connectivity index (χ1) is 13.4. The van der Waals surface area contributed by atoms with E-state index in [2.05, 4.69) is 4.72 Å². The van der Waals surface area contributed by atoms with Gasteiger partial charge in [0, 0.05) is 24.2 Å². The zero-order valence-electron chi connectivity index (χ0n) is 15.8. The minimum atomic E-state index is -3.66. The van der Waals surface area contributed by atoms with Crippen LogP contribution in [-0.2, 0) is 24.1 Å².